The largest absolute Gasteiger partial charge is 0.481 e. The van der Waals surface area contributed by atoms with Crippen LogP contribution in [0.4, 0.5) is 0 Å². The summed E-state index contributed by atoms with van der Waals surface area (Å²) in [6, 6.07) is 6.43. The Bertz CT molecular complexity index is 678. The molecular formula is C17H21NO2S. The highest BCUT2D eigenvalue weighted by Crippen LogP contribution is 2.49. The number of carboxylic acids is 1. The van der Waals surface area contributed by atoms with Gasteiger partial charge in [-0.15, -0.1) is 11.3 Å². The fourth-order valence-corrected chi connectivity index (χ4v) is 4.60. The fraction of sp³-hybridized carbons (Fsp3) is 0.529. The molecule has 1 heterocycles. The van der Waals surface area contributed by atoms with Gasteiger partial charge in [0.05, 0.1) is 20.6 Å². The van der Waals surface area contributed by atoms with Crippen LogP contribution in [0, 0.1) is 12.3 Å². The molecule has 0 spiro atoms. The molecule has 1 aliphatic carbocycles. The van der Waals surface area contributed by atoms with Crippen LogP contribution in [0.25, 0.3) is 10.2 Å². The first-order valence-corrected chi connectivity index (χ1v) is 8.46. The zero-order valence-corrected chi connectivity index (χ0v) is 13.4. The van der Waals surface area contributed by atoms with E-state index in [1.807, 2.05) is 6.92 Å². The Labute approximate surface area is 129 Å². The molecule has 112 valence electrons. The third-order valence-electron chi connectivity index (χ3n) is 4.78. The number of aryl methyl sites for hydroxylation is 1. The highest BCUT2D eigenvalue weighted by atomic mass is 32.1. The molecule has 0 saturated heterocycles. The van der Waals surface area contributed by atoms with Crippen molar-refractivity contribution in [2.75, 3.05) is 0 Å². The van der Waals surface area contributed by atoms with Crippen LogP contribution < -0.4 is 0 Å². The molecular weight excluding hydrogens is 282 g/mol. The molecule has 0 radical (unpaired) electrons. The summed E-state index contributed by atoms with van der Waals surface area (Å²) in [5.74, 6) is -0.235. The topological polar surface area (TPSA) is 50.2 Å². The highest BCUT2D eigenvalue weighted by Gasteiger charge is 2.44. The van der Waals surface area contributed by atoms with Gasteiger partial charge in [0.25, 0.3) is 0 Å². The van der Waals surface area contributed by atoms with Gasteiger partial charge in [-0.1, -0.05) is 19.4 Å². The zero-order chi connectivity index (χ0) is 15.0. The van der Waals surface area contributed by atoms with Gasteiger partial charge >= 0.3 is 5.97 Å². The normalized spacial score (nSPS) is 25.5. The van der Waals surface area contributed by atoms with Crippen molar-refractivity contribution >= 4 is 27.5 Å². The average Bonchev–Trinajstić information content (AvgIpc) is 3.01. The Hall–Kier alpha value is -1.42. The highest BCUT2D eigenvalue weighted by molar-refractivity contribution is 7.18. The van der Waals surface area contributed by atoms with Crippen LogP contribution in [0.1, 0.15) is 55.5 Å². The minimum Gasteiger partial charge on any atom is -0.481 e. The van der Waals surface area contributed by atoms with Crippen LogP contribution in [0.2, 0.25) is 0 Å². The lowest BCUT2D eigenvalue weighted by molar-refractivity contribution is -0.149. The van der Waals surface area contributed by atoms with Crippen LogP contribution in [0.15, 0.2) is 18.2 Å². The van der Waals surface area contributed by atoms with Gasteiger partial charge in [0.1, 0.15) is 0 Å². The minimum atomic E-state index is -0.610. The van der Waals surface area contributed by atoms with Crippen LogP contribution in [0.5, 0.6) is 0 Å². The number of aromatic nitrogens is 1. The van der Waals surface area contributed by atoms with Crippen LogP contribution in [-0.4, -0.2) is 16.1 Å². The third kappa shape index (κ3) is 2.57. The number of nitrogens with zero attached hydrogens (tertiary/aromatic N) is 1. The molecule has 1 aromatic carbocycles. The van der Waals surface area contributed by atoms with E-state index < -0.39 is 11.4 Å². The van der Waals surface area contributed by atoms with Gasteiger partial charge in [-0.2, -0.15) is 0 Å². The molecule has 21 heavy (non-hydrogen) atoms. The number of benzene rings is 1. The van der Waals surface area contributed by atoms with Crippen molar-refractivity contribution in [3.8, 4) is 0 Å². The van der Waals surface area contributed by atoms with E-state index in [0.717, 1.165) is 42.6 Å². The molecule has 1 N–H and O–H groups in total. The summed E-state index contributed by atoms with van der Waals surface area (Å²) in [5, 5.41) is 10.7. The lowest BCUT2D eigenvalue weighted by Crippen LogP contribution is -2.27. The van der Waals surface area contributed by atoms with Crippen LogP contribution >= 0.6 is 11.3 Å². The Morgan fingerprint density at radius 1 is 1.52 bits per heavy atom. The maximum atomic E-state index is 11.7. The number of hydrogen-bond acceptors (Lipinski definition) is 3. The number of carbonyl (C=O) groups is 1. The molecule has 1 aromatic heterocycles. The molecule has 0 aliphatic heterocycles. The van der Waals surface area contributed by atoms with Crippen molar-refractivity contribution < 1.29 is 9.90 Å². The van der Waals surface area contributed by atoms with Crippen molar-refractivity contribution in [3.05, 3.63) is 28.8 Å². The van der Waals surface area contributed by atoms with Gasteiger partial charge < -0.3 is 5.11 Å². The zero-order valence-electron chi connectivity index (χ0n) is 12.6. The molecule has 2 atom stereocenters. The number of aliphatic carboxylic acids is 1. The first kappa shape index (κ1) is 14.5. The summed E-state index contributed by atoms with van der Waals surface area (Å²) in [4.78, 5) is 16.2. The summed E-state index contributed by atoms with van der Waals surface area (Å²) in [7, 11) is 0. The lowest BCUT2D eigenvalue weighted by Gasteiger charge is -2.23. The van der Waals surface area contributed by atoms with Gasteiger partial charge in [-0.3, -0.25) is 4.79 Å². The number of rotatable bonds is 4. The standard InChI is InChI=1S/C17H21NO2S/c1-3-7-17(16(19)20)8-6-13(10-17)12-4-5-14-15(9-12)21-11(2)18-14/h4-5,9,13H,3,6-8,10H2,1-2H3,(H,19,20)/t13-,17+/m0/s1. The van der Waals surface area contributed by atoms with Crippen molar-refractivity contribution in [3.63, 3.8) is 0 Å². The second-order valence-corrected chi connectivity index (χ2v) is 7.47. The SMILES string of the molecule is CCC[C@@]1(C(=O)O)CC[C@H](c2ccc3nc(C)sc3c2)C1. The van der Waals surface area contributed by atoms with E-state index in [-0.39, 0.29) is 0 Å². The molecule has 4 heteroatoms. The molecule has 3 nitrogen and oxygen atoms in total. The third-order valence-corrected chi connectivity index (χ3v) is 5.72. The fourth-order valence-electron chi connectivity index (χ4n) is 3.73. The lowest BCUT2D eigenvalue weighted by atomic mass is 9.80. The molecule has 1 saturated carbocycles. The summed E-state index contributed by atoms with van der Waals surface area (Å²) in [5.41, 5.74) is 1.83. The van der Waals surface area contributed by atoms with E-state index in [0.29, 0.717) is 5.92 Å². The first-order chi connectivity index (χ1) is 10.0. The number of fused-ring (bicyclic) bond motifs is 1. The quantitative estimate of drug-likeness (QED) is 0.887. The monoisotopic (exact) mass is 303 g/mol. The Morgan fingerprint density at radius 3 is 3.05 bits per heavy atom. The van der Waals surface area contributed by atoms with E-state index >= 15 is 0 Å². The Balaban J connectivity index is 1.88. The minimum absolute atomic E-state index is 0.374. The molecule has 1 fully saturated rings. The van der Waals surface area contributed by atoms with Gasteiger partial charge in [-0.25, -0.2) is 4.98 Å². The van der Waals surface area contributed by atoms with Crippen LogP contribution in [-0.2, 0) is 4.79 Å². The summed E-state index contributed by atoms with van der Waals surface area (Å²) in [6.07, 6.45) is 4.29. The number of hydrogen-bond donors (Lipinski definition) is 1. The molecule has 1 aliphatic rings. The molecule has 0 amide bonds. The van der Waals surface area contributed by atoms with Gasteiger partial charge in [0.2, 0.25) is 0 Å². The Morgan fingerprint density at radius 2 is 2.33 bits per heavy atom. The Kier molecular flexibility index (Phi) is 3.74. The van der Waals surface area contributed by atoms with Gasteiger partial charge in [0, 0.05) is 0 Å². The van der Waals surface area contributed by atoms with Crippen LogP contribution in [0.3, 0.4) is 0 Å². The maximum absolute atomic E-state index is 11.7. The van der Waals surface area contributed by atoms with E-state index in [9.17, 15) is 9.90 Å². The predicted octanol–water partition coefficient (Wildman–Crippen LogP) is 4.74. The van der Waals surface area contributed by atoms with Crippen molar-refractivity contribution in [2.24, 2.45) is 5.41 Å². The van der Waals surface area contributed by atoms with E-state index in [1.54, 1.807) is 11.3 Å². The smallest absolute Gasteiger partial charge is 0.309 e. The summed E-state index contributed by atoms with van der Waals surface area (Å²) >= 11 is 1.71. The van der Waals surface area contributed by atoms with Gasteiger partial charge in [-0.05, 0) is 56.2 Å². The average molecular weight is 303 g/mol. The van der Waals surface area contributed by atoms with Crippen molar-refractivity contribution in [2.45, 2.75) is 51.9 Å². The number of thiazole rings is 1. The molecule has 0 bridgehead atoms. The van der Waals surface area contributed by atoms with E-state index in [1.165, 1.54) is 10.3 Å². The molecule has 2 aromatic rings. The van der Waals surface area contributed by atoms with Crippen molar-refractivity contribution in [1.29, 1.82) is 0 Å². The summed E-state index contributed by atoms with van der Waals surface area (Å²) < 4.78 is 1.22. The summed E-state index contributed by atoms with van der Waals surface area (Å²) in [6.45, 7) is 4.10. The predicted molar refractivity (Wildman–Crippen MR) is 85.9 cm³/mol. The van der Waals surface area contributed by atoms with E-state index in [4.69, 9.17) is 0 Å². The first-order valence-electron chi connectivity index (χ1n) is 7.64. The maximum Gasteiger partial charge on any atom is 0.309 e. The second-order valence-electron chi connectivity index (χ2n) is 6.24. The molecule has 0 unspecified atom stereocenters. The van der Waals surface area contributed by atoms with Crippen molar-refractivity contribution in [1.82, 2.24) is 4.98 Å². The number of carboxylic acid groups (broad SMARTS) is 1. The molecule has 3 rings (SSSR count). The second kappa shape index (κ2) is 5.41. The van der Waals surface area contributed by atoms with Gasteiger partial charge in [0.15, 0.2) is 0 Å². The van der Waals surface area contributed by atoms with E-state index in [2.05, 4.69) is 30.1 Å².